The fraction of sp³-hybridized carbons (Fsp3) is 0. The van der Waals surface area contributed by atoms with Crippen molar-refractivity contribution in [1.82, 2.24) is 0 Å². The number of benzene rings is 3. The van der Waals surface area contributed by atoms with E-state index in [4.69, 9.17) is 4.28 Å². The van der Waals surface area contributed by atoms with Crippen LogP contribution in [0.15, 0.2) is 82.8 Å². The molecule has 0 aromatic heterocycles. The van der Waals surface area contributed by atoms with Crippen molar-refractivity contribution >= 4 is 15.8 Å². The van der Waals surface area contributed by atoms with Gasteiger partial charge in [0.2, 0.25) is 0 Å². The second-order valence-electron chi connectivity index (χ2n) is 5.55. The smallest absolute Gasteiger partial charge is 0.358 e. The van der Waals surface area contributed by atoms with Crippen LogP contribution < -0.4 is 0 Å². The number of phenols is 1. The standard InChI is InChI=1S/C19H13NO4S/c21-13-9-11-14(12-10-13)25(22,23)24-20-19-17-7-3-1-5-15(17)16-6-2-4-8-18(16)19/h1-12,21H. The summed E-state index contributed by atoms with van der Waals surface area (Å²) in [6.45, 7) is 0. The van der Waals surface area contributed by atoms with Crippen LogP contribution in [0.2, 0.25) is 0 Å². The first-order chi connectivity index (χ1) is 12.1. The van der Waals surface area contributed by atoms with Crippen molar-refractivity contribution in [3.05, 3.63) is 83.9 Å². The van der Waals surface area contributed by atoms with E-state index in [1.54, 1.807) is 0 Å². The van der Waals surface area contributed by atoms with Crippen LogP contribution in [-0.2, 0) is 14.4 Å². The summed E-state index contributed by atoms with van der Waals surface area (Å²) in [6.07, 6.45) is 0. The predicted molar refractivity (Wildman–Crippen MR) is 93.9 cm³/mol. The first-order valence-corrected chi connectivity index (χ1v) is 8.97. The molecule has 0 saturated carbocycles. The average Bonchev–Trinajstić information content (AvgIpc) is 2.94. The summed E-state index contributed by atoms with van der Waals surface area (Å²) in [5, 5.41) is 13.2. The number of hydrogen-bond donors (Lipinski definition) is 1. The number of nitrogens with zero attached hydrogens (tertiary/aromatic N) is 1. The number of hydrogen-bond acceptors (Lipinski definition) is 5. The van der Waals surface area contributed by atoms with Gasteiger partial charge in [0.15, 0.2) is 0 Å². The first kappa shape index (κ1) is 15.4. The molecule has 0 saturated heterocycles. The molecule has 0 spiro atoms. The molecular formula is C19H13NO4S. The highest BCUT2D eigenvalue weighted by Gasteiger charge is 2.26. The van der Waals surface area contributed by atoms with Crippen molar-refractivity contribution in [2.45, 2.75) is 4.90 Å². The minimum atomic E-state index is -4.07. The van der Waals surface area contributed by atoms with E-state index < -0.39 is 10.1 Å². The van der Waals surface area contributed by atoms with Crippen LogP contribution in [0.4, 0.5) is 0 Å². The number of phenolic OH excluding ortho intramolecular Hbond substituents is 1. The van der Waals surface area contributed by atoms with Crippen LogP contribution in [0, 0.1) is 0 Å². The van der Waals surface area contributed by atoms with E-state index in [1.165, 1.54) is 24.3 Å². The molecule has 3 aromatic rings. The lowest BCUT2D eigenvalue weighted by atomic mass is 10.1. The zero-order valence-electron chi connectivity index (χ0n) is 13.0. The Labute approximate surface area is 144 Å². The molecule has 0 fully saturated rings. The number of oxime groups is 1. The second-order valence-corrected chi connectivity index (χ2v) is 7.08. The molecule has 0 radical (unpaired) electrons. The first-order valence-electron chi connectivity index (χ1n) is 7.56. The van der Waals surface area contributed by atoms with E-state index in [2.05, 4.69) is 5.16 Å². The Bertz CT molecular complexity index is 1040. The molecule has 1 aliphatic carbocycles. The normalized spacial score (nSPS) is 12.4. The van der Waals surface area contributed by atoms with E-state index in [1.807, 2.05) is 48.5 Å². The Morgan fingerprint density at radius 2 is 1.20 bits per heavy atom. The van der Waals surface area contributed by atoms with Crippen molar-refractivity contribution in [1.29, 1.82) is 0 Å². The molecule has 4 rings (SSSR count). The van der Waals surface area contributed by atoms with Gasteiger partial charge >= 0.3 is 10.1 Å². The van der Waals surface area contributed by atoms with Gasteiger partial charge in [0, 0.05) is 11.1 Å². The van der Waals surface area contributed by atoms with Crippen LogP contribution >= 0.6 is 0 Å². The van der Waals surface area contributed by atoms with E-state index in [9.17, 15) is 13.5 Å². The van der Waals surface area contributed by atoms with Gasteiger partial charge < -0.3 is 5.11 Å². The molecule has 1 N–H and O–H groups in total. The van der Waals surface area contributed by atoms with Gasteiger partial charge in [0.05, 0.1) is 0 Å². The highest BCUT2D eigenvalue weighted by atomic mass is 32.2. The van der Waals surface area contributed by atoms with Crippen LogP contribution in [0.3, 0.4) is 0 Å². The highest BCUT2D eigenvalue weighted by molar-refractivity contribution is 7.86. The SMILES string of the molecule is O=S(=O)(ON=C1c2ccccc2-c2ccccc21)c1ccc(O)cc1. The molecular weight excluding hydrogens is 338 g/mol. The number of aromatic hydroxyl groups is 1. The van der Waals surface area contributed by atoms with Gasteiger partial charge in [-0.3, -0.25) is 4.28 Å². The lowest BCUT2D eigenvalue weighted by Crippen LogP contribution is -2.06. The summed E-state index contributed by atoms with van der Waals surface area (Å²) in [4.78, 5) is -0.0748. The summed E-state index contributed by atoms with van der Waals surface area (Å²) in [5.41, 5.74) is 4.10. The summed E-state index contributed by atoms with van der Waals surface area (Å²) in [7, 11) is -4.07. The van der Waals surface area contributed by atoms with Gasteiger partial charge in [-0.1, -0.05) is 53.7 Å². The van der Waals surface area contributed by atoms with Crippen LogP contribution in [0.5, 0.6) is 5.75 Å². The largest absolute Gasteiger partial charge is 0.508 e. The van der Waals surface area contributed by atoms with Gasteiger partial charge in [-0.25, -0.2) is 0 Å². The molecule has 3 aromatic carbocycles. The molecule has 0 bridgehead atoms. The molecule has 1 aliphatic rings. The molecule has 0 amide bonds. The minimum absolute atomic E-state index is 0.0242. The Morgan fingerprint density at radius 3 is 1.72 bits per heavy atom. The van der Waals surface area contributed by atoms with Gasteiger partial charge in [0.1, 0.15) is 16.4 Å². The van der Waals surface area contributed by atoms with E-state index in [-0.39, 0.29) is 10.6 Å². The molecule has 0 unspecified atom stereocenters. The Kier molecular flexibility index (Phi) is 3.54. The maximum absolute atomic E-state index is 12.3. The molecule has 124 valence electrons. The summed E-state index contributed by atoms with van der Waals surface area (Å²) in [6, 6.07) is 20.4. The quantitative estimate of drug-likeness (QED) is 0.573. The highest BCUT2D eigenvalue weighted by Crippen LogP contribution is 2.36. The molecule has 25 heavy (non-hydrogen) atoms. The van der Waals surface area contributed by atoms with Gasteiger partial charge in [-0.2, -0.15) is 8.42 Å². The third-order valence-corrected chi connectivity index (χ3v) is 5.13. The zero-order chi connectivity index (χ0) is 17.4. The summed E-state index contributed by atoms with van der Waals surface area (Å²) >= 11 is 0. The van der Waals surface area contributed by atoms with E-state index in [0.29, 0.717) is 5.71 Å². The van der Waals surface area contributed by atoms with Gasteiger partial charge in [-0.15, -0.1) is 0 Å². The topological polar surface area (TPSA) is 76.0 Å². The lowest BCUT2D eigenvalue weighted by Gasteiger charge is -2.04. The predicted octanol–water partition coefficient (Wildman–Crippen LogP) is 3.53. The van der Waals surface area contributed by atoms with E-state index in [0.717, 1.165) is 22.3 Å². The lowest BCUT2D eigenvalue weighted by molar-refractivity contribution is 0.339. The van der Waals surface area contributed by atoms with Crippen molar-refractivity contribution in [3.8, 4) is 16.9 Å². The molecule has 0 heterocycles. The van der Waals surface area contributed by atoms with Crippen molar-refractivity contribution in [2.75, 3.05) is 0 Å². The molecule has 5 nitrogen and oxygen atoms in total. The fourth-order valence-corrected chi connectivity index (χ4v) is 3.56. The molecule has 6 heteroatoms. The van der Waals surface area contributed by atoms with E-state index >= 15 is 0 Å². The van der Waals surface area contributed by atoms with Gasteiger partial charge in [0.25, 0.3) is 0 Å². The van der Waals surface area contributed by atoms with Crippen LogP contribution in [0.1, 0.15) is 11.1 Å². The Hall–Kier alpha value is -3.12. The zero-order valence-corrected chi connectivity index (χ0v) is 13.8. The van der Waals surface area contributed by atoms with Crippen molar-refractivity contribution in [3.63, 3.8) is 0 Å². The summed E-state index contributed by atoms with van der Waals surface area (Å²) < 4.78 is 29.6. The Balaban J connectivity index is 1.76. The van der Waals surface area contributed by atoms with Crippen molar-refractivity contribution in [2.24, 2.45) is 5.16 Å². The maximum Gasteiger partial charge on any atom is 0.358 e. The molecule has 0 aliphatic heterocycles. The number of fused-ring (bicyclic) bond motifs is 3. The summed E-state index contributed by atoms with van der Waals surface area (Å²) in [5.74, 6) is -0.0242. The van der Waals surface area contributed by atoms with Crippen LogP contribution in [-0.4, -0.2) is 19.2 Å². The monoisotopic (exact) mass is 351 g/mol. The average molecular weight is 351 g/mol. The van der Waals surface area contributed by atoms with Crippen LogP contribution in [0.25, 0.3) is 11.1 Å². The van der Waals surface area contributed by atoms with Crippen molar-refractivity contribution < 1.29 is 17.8 Å². The maximum atomic E-state index is 12.3. The second kappa shape index (κ2) is 5.75. The fourth-order valence-electron chi connectivity index (χ4n) is 2.83. The molecule has 0 atom stereocenters. The third kappa shape index (κ3) is 2.66. The minimum Gasteiger partial charge on any atom is -0.508 e. The number of rotatable bonds is 3. The van der Waals surface area contributed by atoms with Gasteiger partial charge in [-0.05, 0) is 35.4 Å². The Morgan fingerprint density at radius 1 is 0.720 bits per heavy atom. The third-order valence-electron chi connectivity index (χ3n) is 4.01.